The predicted octanol–water partition coefficient (Wildman–Crippen LogP) is 4.00. The molecular formula is C38H45N3O8. The Kier molecular flexibility index (Phi) is 11.6. The van der Waals surface area contributed by atoms with Gasteiger partial charge in [0.05, 0.1) is 51.3 Å². The molecule has 11 nitrogen and oxygen atoms in total. The summed E-state index contributed by atoms with van der Waals surface area (Å²) in [5.74, 6) is -0.606. The molecule has 1 fully saturated rings. The Hall–Kier alpha value is -4.90. The van der Waals surface area contributed by atoms with E-state index in [2.05, 4.69) is 5.32 Å². The van der Waals surface area contributed by atoms with Gasteiger partial charge < -0.3 is 34.4 Å². The van der Waals surface area contributed by atoms with E-state index in [1.165, 1.54) is 0 Å². The second kappa shape index (κ2) is 16.0. The molecule has 2 heterocycles. The number of hydrogen-bond acceptors (Lipinski definition) is 8. The zero-order valence-electron chi connectivity index (χ0n) is 28.5. The van der Waals surface area contributed by atoms with Gasteiger partial charge in [0, 0.05) is 36.6 Å². The highest BCUT2D eigenvalue weighted by molar-refractivity contribution is 6.04. The van der Waals surface area contributed by atoms with Crippen LogP contribution in [-0.2, 0) is 36.8 Å². The average molecular weight is 672 g/mol. The van der Waals surface area contributed by atoms with Crippen molar-refractivity contribution in [2.24, 2.45) is 5.92 Å². The molecular weight excluding hydrogens is 626 g/mol. The third-order valence-corrected chi connectivity index (χ3v) is 8.99. The molecule has 3 aromatic carbocycles. The molecule has 4 atom stereocenters. The summed E-state index contributed by atoms with van der Waals surface area (Å²) in [7, 11) is 1.57. The van der Waals surface area contributed by atoms with Crippen LogP contribution in [0.4, 0.5) is 5.69 Å². The van der Waals surface area contributed by atoms with Gasteiger partial charge in [-0.3, -0.25) is 19.2 Å². The highest BCUT2D eigenvalue weighted by Crippen LogP contribution is 2.47. The number of aliphatic hydroxyl groups is 1. The van der Waals surface area contributed by atoms with E-state index in [1.807, 2.05) is 30.3 Å². The first-order valence-corrected chi connectivity index (χ1v) is 16.8. The van der Waals surface area contributed by atoms with E-state index in [1.54, 1.807) is 80.1 Å². The molecule has 0 bridgehead atoms. The van der Waals surface area contributed by atoms with Crippen LogP contribution in [0.2, 0.25) is 0 Å². The van der Waals surface area contributed by atoms with E-state index in [-0.39, 0.29) is 62.7 Å². The Balaban J connectivity index is 1.65. The minimum absolute atomic E-state index is 0.0204. The van der Waals surface area contributed by atoms with Gasteiger partial charge in [0.25, 0.3) is 5.91 Å². The molecule has 2 aliphatic heterocycles. The Labute approximate surface area is 287 Å². The zero-order chi connectivity index (χ0) is 35.1. The lowest BCUT2D eigenvalue weighted by Crippen LogP contribution is -2.70. The minimum Gasteiger partial charge on any atom is -0.497 e. The molecule has 2 N–H and O–H groups in total. The Bertz CT molecular complexity index is 1630. The van der Waals surface area contributed by atoms with Crippen molar-refractivity contribution in [1.29, 1.82) is 0 Å². The fourth-order valence-electron chi connectivity index (χ4n) is 6.66. The quantitative estimate of drug-likeness (QED) is 0.194. The van der Waals surface area contributed by atoms with E-state index >= 15 is 0 Å². The standard InChI is InChI=1S/C38H45N3O8/c1-5-48-34(44)23-31-36-35(39-37(45)24(2)3)29-22-28(49-19-9-18-42)16-17-30(29)41(36)38(46)32(20-25-10-7-6-8-11-25)40(31)33(43)21-26-12-14-27(47-4)15-13-26/h6-8,10-17,22,24,31-32,35-36,42H,5,9,18-21,23H2,1-4H3,(H,39,45)/t31?,32-,35-,36+/m0/s1. The fourth-order valence-corrected chi connectivity index (χ4v) is 6.66. The zero-order valence-corrected chi connectivity index (χ0v) is 28.5. The summed E-state index contributed by atoms with van der Waals surface area (Å²) in [6.45, 7) is 5.67. The van der Waals surface area contributed by atoms with Crippen molar-refractivity contribution in [3.05, 3.63) is 89.5 Å². The molecule has 0 saturated carbocycles. The first-order valence-electron chi connectivity index (χ1n) is 16.8. The van der Waals surface area contributed by atoms with E-state index in [0.717, 1.165) is 11.1 Å². The number of carbonyl (C=O) groups excluding carboxylic acids is 4. The molecule has 0 aromatic heterocycles. The number of methoxy groups -OCH3 is 1. The summed E-state index contributed by atoms with van der Waals surface area (Å²) in [6, 6.07) is 18.6. The second-order valence-electron chi connectivity index (χ2n) is 12.6. The molecule has 2 aliphatic rings. The molecule has 0 spiro atoms. The smallest absolute Gasteiger partial charge is 0.307 e. The topological polar surface area (TPSA) is 135 Å². The summed E-state index contributed by atoms with van der Waals surface area (Å²) < 4.78 is 16.6. The van der Waals surface area contributed by atoms with Crippen LogP contribution >= 0.6 is 0 Å². The van der Waals surface area contributed by atoms with Crippen LogP contribution in [0.25, 0.3) is 0 Å². The summed E-state index contributed by atoms with van der Waals surface area (Å²) in [5.41, 5.74) is 2.80. The summed E-state index contributed by atoms with van der Waals surface area (Å²) in [4.78, 5) is 59.4. The van der Waals surface area contributed by atoms with Gasteiger partial charge >= 0.3 is 5.97 Å². The van der Waals surface area contributed by atoms with E-state index < -0.39 is 30.1 Å². The molecule has 1 saturated heterocycles. The first-order chi connectivity index (χ1) is 23.7. The van der Waals surface area contributed by atoms with Gasteiger partial charge in [-0.15, -0.1) is 0 Å². The van der Waals surface area contributed by atoms with Crippen LogP contribution < -0.4 is 19.7 Å². The predicted molar refractivity (Wildman–Crippen MR) is 183 cm³/mol. The van der Waals surface area contributed by atoms with Gasteiger partial charge in [-0.1, -0.05) is 56.3 Å². The van der Waals surface area contributed by atoms with Gasteiger partial charge in [0.1, 0.15) is 17.5 Å². The first kappa shape index (κ1) is 35.4. The van der Waals surface area contributed by atoms with E-state index in [0.29, 0.717) is 29.2 Å². The van der Waals surface area contributed by atoms with Crippen LogP contribution in [0, 0.1) is 5.92 Å². The maximum Gasteiger partial charge on any atom is 0.307 e. The monoisotopic (exact) mass is 671 g/mol. The van der Waals surface area contributed by atoms with Crippen molar-refractivity contribution in [3.63, 3.8) is 0 Å². The number of anilines is 1. The third kappa shape index (κ3) is 7.88. The molecule has 0 radical (unpaired) electrons. The third-order valence-electron chi connectivity index (χ3n) is 8.99. The number of rotatable bonds is 14. The number of hydrogen-bond donors (Lipinski definition) is 2. The maximum absolute atomic E-state index is 14.9. The molecule has 0 aliphatic carbocycles. The Morgan fingerprint density at radius 3 is 2.33 bits per heavy atom. The van der Waals surface area contributed by atoms with Gasteiger partial charge in [-0.2, -0.15) is 0 Å². The number of nitrogens with zero attached hydrogens (tertiary/aromatic N) is 2. The SMILES string of the molecule is CCOC(=O)CC1[C@@H]2[C@@H](NC(=O)C(C)C)c3cc(OCCCO)ccc3N2C(=O)[C@H](Cc2ccccc2)N1C(=O)Cc1ccc(OC)cc1. The fraction of sp³-hybridized carbons (Fsp3) is 0.421. The summed E-state index contributed by atoms with van der Waals surface area (Å²) in [6.07, 6.45) is 0.445. The van der Waals surface area contributed by atoms with Crippen LogP contribution in [0.15, 0.2) is 72.8 Å². The number of fused-ring (bicyclic) bond motifs is 3. The van der Waals surface area contributed by atoms with Crippen molar-refractivity contribution in [3.8, 4) is 11.5 Å². The van der Waals surface area contributed by atoms with Crippen LogP contribution in [-0.4, -0.2) is 78.8 Å². The van der Waals surface area contributed by atoms with Crippen LogP contribution in [0.3, 0.4) is 0 Å². The van der Waals surface area contributed by atoms with Gasteiger partial charge in [0.2, 0.25) is 11.8 Å². The number of aliphatic hydroxyl groups excluding tert-OH is 1. The average Bonchev–Trinajstić information content (AvgIpc) is 3.41. The molecule has 5 rings (SSSR count). The number of nitrogens with one attached hydrogen (secondary N) is 1. The molecule has 1 unspecified atom stereocenters. The molecule has 3 amide bonds. The number of esters is 1. The highest BCUT2D eigenvalue weighted by Gasteiger charge is 2.57. The van der Waals surface area contributed by atoms with Crippen molar-refractivity contribution >= 4 is 29.4 Å². The molecule has 11 heteroatoms. The lowest BCUT2D eigenvalue weighted by Gasteiger charge is -2.50. The Morgan fingerprint density at radius 1 is 0.959 bits per heavy atom. The lowest BCUT2D eigenvalue weighted by molar-refractivity contribution is -0.152. The number of ether oxygens (including phenoxy) is 3. The highest BCUT2D eigenvalue weighted by atomic mass is 16.5. The molecule has 260 valence electrons. The van der Waals surface area contributed by atoms with E-state index in [4.69, 9.17) is 14.2 Å². The number of amides is 3. The number of piperazine rings is 1. The van der Waals surface area contributed by atoms with Crippen molar-refractivity contribution in [1.82, 2.24) is 10.2 Å². The van der Waals surface area contributed by atoms with Gasteiger partial charge in [0.15, 0.2) is 0 Å². The van der Waals surface area contributed by atoms with Gasteiger partial charge in [-0.25, -0.2) is 0 Å². The number of benzene rings is 3. The van der Waals surface area contributed by atoms with Crippen molar-refractivity contribution < 1.29 is 38.5 Å². The Morgan fingerprint density at radius 2 is 1.67 bits per heavy atom. The van der Waals surface area contributed by atoms with Crippen LogP contribution in [0.5, 0.6) is 11.5 Å². The largest absolute Gasteiger partial charge is 0.497 e. The van der Waals surface area contributed by atoms with Gasteiger partial charge in [-0.05, 0) is 48.4 Å². The molecule has 49 heavy (non-hydrogen) atoms. The second-order valence-corrected chi connectivity index (χ2v) is 12.6. The van der Waals surface area contributed by atoms with Crippen molar-refractivity contribution in [2.75, 3.05) is 31.8 Å². The summed E-state index contributed by atoms with van der Waals surface area (Å²) in [5, 5.41) is 12.4. The van der Waals surface area contributed by atoms with E-state index in [9.17, 15) is 24.3 Å². The minimum atomic E-state index is -0.947. The van der Waals surface area contributed by atoms with Crippen molar-refractivity contribution in [2.45, 2.75) is 70.6 Å². The number of carbonyl (C=O) groups is 4. The summed E-state index contributed by atoms with van der Waals surface area (Å²) >= 11 is 0. The maximum atomic E-state index is 14.9. The lowest BCUT2D eigenvalue weighted by atomic mass is 9.87. The molecule has 3 aromatic rings. The van der Waals surface area contributed by atoms with Crippen LogP contribution in [0.1, 0.15) is 56.3 Å². The normalized spacial score (nSPS) is 19.7.